The van der Waals surface area contributed by atoms with E-state index in [1.807, 2.05) is 6.92 Å². The van der Waals surface area contributed by atoms with Gasteiger partial charge in [0.1, 0.15) is 12.2 Å². The molecule has 0 spiro atoms. The fraction of sp³-hybridized carbons (Fsp3) is 0.238. The number of hydrogen-bond donors (Lipinski definition) is 1. The lowest BCUT2D eigenvalue weighted by Crippen LogP contribution is -2.27. The van der Waals surface area contributed by atoms with Crippen molar-refractivity contribution in [2.75, 3.05) is 11.9 Å². The zero-order chi connectivity index (χ0) is 21.7. The molecule has 0 radical (unpaired) electrons. The summed E-state index contributed by atoms with van der Waals surface area (Å²) in [5.74, 6) is -0.505. The molecule has 0 aliphatic heterocycles. The summed E-state index contributed by atoms with van der Waals surface area (Å²) in [5.41, 5.74) is 1.29. The van der Waals surface area contributed by atoms with E-state index in [0.717, 1.165) is 5.56 Å². The van der Waals surface area contributed by atoms with Crippen molar-refractivity contribution in [1.29, 1.82) is 0 Å². The Morgan fingerprint density at radius 2 is 1.77 bits per heavy atom. The Hall–Kier alpha value is -3.33. The zero-order valence-corrected chi connectivity index (χ0v) is 17.6. The number of pyridine rings is 1. The molecule has 0 unspecified atom stereocenters. The van der Waals surface area contributed by atoms with Crippen LogP contribution in [-0.2, 0) is 32.6 Å². The van der Waals surface area contributed by atoms with Crippen molar-refractivity contribution in [2.24, 2.45) is 0 Å². The standard InChI is InChI=1S/C21H23N3O5S/c1-3-29-20(25)15-23-12-5-7-19(21(23)26)22-14-17-6-4-13-24(17)30(27,28)18-10-8-16(2)9-11-18/h4-13,22H,3,14-15H2,1-2H3. The summed E-state index contributed by atoms with van der Waals surface area (Å²) in [6, 6.07) is 13.1. The van der Waals surface area contributed by atoms with Crippen molar-refractivity contribution < 1.29 is 17.9 Å². The van der Waals surface area contributed by atoms with Gasteiger partial charge in [-0.1, -0.05) is 17.7 Å². The Balaban J connectivity index is 1.80. The average molecular weight is 429 g/mol. The number of ether oxygens (including phenoxy) is 1. The van der Waals surface area contributed by atoms with Crippen molar-refractivity contribution in [3.05, 3.63) is 82.5 Å². The second kappa shape index (κ2) is 9.00. The van der Waals surface area contributed by atoms with E-state index in [4.69, 9.17) is 4.74 Å². The Morgan fingerprint density at radius 1 is 1.07 bits per heavy atom. The van der Waals surface area contributed by atoms with Crippen molar-refractivity contribution in [2.45, 2.75) is 31.8 Å². The van der Waals surface area contributed by atoms with Crippen LogP contribution in [0, 0.1) is 6.92 Å². The predicted molar refractivity (Wildman–Crippen MR) is 113 cm³/mol. The highest BCUT2D eigenvalue weighted by molar-refractivity contribution is 7.90. The first-order valence-corrected chi connectivity index (χ1v) is 10.8. The molecular formula is C21H23N3O5S. The van der Waals surface area contributed by atoms with E-state index < -0.39 is 21.6 Å². The number of aromatic nitrogens is 2. The van der Waals surface area contributed by atoms with Gasteiger partial charge in [-0.3, -0.25) is 9.59 Å². The molecule has 0 bridgehead atoms. The molecule has 0 aliphatic rings. The molecule has 30 heavy (non-hydrogen) atoms. The van der Waals surface area contributed by atoms with E-state index in [-0.39, 0.29) is 30.3 Å². The Labute approximate surface area is 174 Å². The zero-order valence-electron chi connectivity index (χ0n) is 16.7. The number of carbonyl (C=O) groups is 1. The second-order valence-corrected chi connectivity index (χ2v) is 8.44. The molecule has 0 saturated heterocycles. The molecule has 2 heterocycles. The van der Waals surface area contributed by atoms with Gasteiger partial charge in [0.15, 0.2) is 0 Å². The van der Waals surface area contributed by atoms with Crippen LogP contribution >= 0.6 is 0 Å². The fourth-order valence-corrected chi connectivity index (χ4v) is 4.30. The molecule has 0 aliphatic carbocycles. The topological polar surface area (TPSA) is 99.4 Å². The highest BCUT2D eigenvalue weighted by Crippen LogP contribution is 2.18. The Morgan fingerprint density at radius 3 is 2.47 bits per heavy atom. The molecule has 0 atom stereocenters. The SMILES string of the molecule is CCOC(=O)Cn1cccc(NCc2cccn2S(=O)(=O)c2ccc(C)cc2)c1=O. The van der Waals surface area contributed by atoms with Gasteiger partial charge >= 0.3 is 5.97 Å². The highest BCUT2D eigenvalue weighted by Gasteiger charge is 2.19. The normalized spacial score (nSPS) is 11.3. The van der Waals surface area contributed by atoms with Gasteiger partial charge in [0.2, 0.25) is 0 Å². The first-order chi connectivity index (χ1) is 14.3. The van der Waals surface area contributed by atoms with Crippen LogP contribution in [0.1, 0.15) is 18.2 Å². The summed E-state index contributed by atoms with van der Waals surface area (Å²) in [7, 11) is -3.76. The van der Waals surface area contributed by atoms with Crippen LogP contribution < -0.4 is 10.9 Å². The van der Waals surface area contributed by atoms with Gasteiger partial charge in [-0.2, -0.15) is 0 Å². The summed E-state index contributed by atoms with van der Waals surface area (Å²) in [5, 5.41) is 2.96. The molecule has 158 valence electrons. The molecular weight excluding hydrogens is 406 g/mol. The summed E-state index contributed by atoms with van der Waals surface area (Å²) >= 11 is 0. The molecule has 0 saturated carbocycles. The molecule has 3 aromatic rings. The minimum atomic E-state index is -3.76. The van der Waals surface area contributed by atoms with Gasteiger partial charge in [-0.15, -0.1) is 0 Å². The van der Waals surface area contributed by atoms with Gasteiger partial charge < -0.3 is 14.6 Å². The van der Waals surface area contributed by atoms with Crippen molar-refractivity contribution in [3.63, 3.8) is 0 Å². The van der Waals surface area contributed by atoms with Crippen LogP contribution in [0.25, 0.3) is 0 Å². The van der Waals surface area contributed by atoms with Gasteiger partial charge in [0.25, 0.3) is 15.6 Å². The number of nitrogens with one attached hydrogen (secondary N) is 1. The van der Waals surface area contributed by atoms with Crippen LogP contribution in [0.3, 0.4) is 0 Å². The summed E-state index contributed by atoms with van der Waals surface area (Å²) in [4.78, 5) is 24.4. The lowest BCUT2D eigenvalue weighted by Gasteiger charge is -2.13. The van der Waals surface area contributed by atoms with E-state index in [2.05, 4.69) is 5.32 Å². The van der Waals surface area contributed by atoms with E-state index in [1.165, 1.54) is 20.9 Å². The number of hydrogen-bond acceptors (Lipinski definition) is 6. The summed E-state index contributed by atoms with van der Waals surface area (Å²) in [6.07, 6.45) is 2.96. The lowest BCUT2D eigenvalue weighted by atomic mass is 10.2. The third kappa shape index (κ3) is 4.62. The number of benzene rings is 1. The smallest absolute Gasteiger partial charge is 0.326 e. The van der Waals surface area contributed by atoms with Crippen LogP contribution in [0.4, 0.5) is 5.69 Å². The van der Waals surface area contributed by atoms with Gasteiger partial charge in [0, 0.05) is 12.4 Å². The van der Waals surface area contributed by atoms with Crippen molar-refractivity contribution in [3.8, 4) is 0 Å². The first kappa shape index (κ1) is 21.4. The third-order valence-corrected chi connectivity index (χ3v) is 6.20. The number of aryl methyl sites for hydroxylation is 1. The van der Waals surface area contributed by atoms with Gasteiger partial charge in [-0.25, -0.2) is 12.4 Å². The fourth-order valence-electron chi connectivity index (χ4n) is 2.92. The number of rotatable bonds is 8. The van der Waals surface area contributed by atoms with E-state index in [0.29, 0.717) is 5.69 Å². The molecule has 0 fully saturated rings. The molecule has 8 nitrogen and oxygen atoms in total. The predicted octanol–water partition coefficient (Wildman–Crippen LogP) is 2.37. The van der Waals surface area contributed by atoms with Crippen LogP contribution in [0.15, 0.2) is 70.6 Å². The Bertz CT molecular complexity index is 1190. The van der Waals surface area contributed by atoms with E-state index in [1.54, 1.807) is 55.5 Å². The summed E-state index contributed by atoms with van der Waals surface area (Å²) in [6.45, 7) is 3.73. The highest BCUT2D eigenvalue weighted by atomic mass is 32.2. The van der Waals surface area contributed by atoms with Gasteiger partial charge in [-0.05, 0) is 50.2 Å². The molecule has 9 heteroatoms. The quantitative estimate of drug-likeness (QED) is 0.552. The molecule has 1 N–H and O–H groups in total. The van der Waals surface area contributed by atoms with Crippen LogP contribution in [0.5, 0.6) is 0 Å². The number of esters is 1. The van der Waals surface area contributed by atoms with Crippen LogP contribution in [0.2, 0.25) is 0 Å². The van der Waals surface area contributed by atoms with Crippen molar-refractivity contribution in [1.82, 2.24) is 8.54 Å². The minimum Gasteiger partial charge on any atom is -0.465 e. The summed E-state index contributed by atoms with van der Waals surface area (Å²) < 4.78 is 33.2. The maximum atomic E-state index is 13.0. The molecule has 2 aromatic heterocycles. The largest absolute Gasteiger partial charge is 0.465 e. The van der Waals surface area contributed by atoms with Crippen LogP contribution in [-0.4, -0.2) is 29.5 Å². The lowest BCUT2D eigenvalue weighted by molar-refractivity contribution is -0.143. The maximum Gasteiger partial charge on any atom is 0.326 e. The molecule has 3 rings (SSSR count). The number of nitrogens with zero attached hydrogens (tertiary/aromatic N) is 2. The monoisotopic (exact) mass is 429 g/mol. The first-order valence-electron chi connectivity index (χ1n) is 9.40. The maximum absolute atomic E-state index is 13.0. The average Bonchev–Trinajstić information content (AvgIpc) is 3.19. The third-order valence-electron chi connectivity index (χ3n) is 4.46. The Kier molecular flexibility index (Phi) is 6.41. The van der Waals surface area contributed by atoms with Crippen molar-refractivity contribution >= 4 is 21.7 Å². The minimum absolute atomic E-state index is 0.108. The van der Waals surface area contributed by atoms with Gasteiger partial charge in [0.05, 0.1) is 23.7 Å². The molecule has 0 amide bonds. The number of carbonyl (C=O) groups excluding carboxylic acids is 1. The number of anilines is 1. The van der Waals surface area contributed by atoms with E-state index in [9.17, 15) is 18.0 Å². The van der Waals surface area contributed by atoms with E-state index >= 15 is 0 Å². The molecule has 1 aromatic carbocycles. The second-order valence-electron chi connectivity index (χ2n) is 6.63.